The largest absolute Gasteiger partial charge is 0.396 e. The lowest BCUT2D eigenvalue weighted by Crippen LogP contribution is -2.19. The van der Waals surface area contributed by atoms with Crippen LogP contribution in [0.1, 0.15) is 103 Å². The molecule has 0 aliphatic rings. The summed E-state index contributed by atoms with van der Waals surface area (Å²) in [6, 6.07) is 0.446. The lowest BCUT2D eigenvalue weighted by molar-refractivity contribution is 0.282. The van der Waals surface area contributed by atoms with Crippen LogP contribution in [0, 0.1) is 0 Å². The molecule has 0 fully saturated rings. The fourth-order valence-electron chi connectivity index (χ4n) is 2.73. The van der Waals surface area contributed by atoms with Gasteiger partial charge >= 0.3 is 0 Å². The molecule has 0 bridgehead atoms. The number of hydrogen-bond donors (Lipinski definition) is 2. The molecular formula is C18H39NO. The second-order valence-electron chi connectivity index (χ2n) is 6.30. The molecule has 1 unspecified atom stereocenters. The minimum absolute atomic E-state index is 0.357. The number of nitrogens with two attached hydrogens (primary N) is 1. The van der Waals surface area contributed by atoms with Crippen molar-refractivity contribution in [3.8, 4) is 0 Å². The highest BCUT2D eigenvalue weighted by Crippen LogP contribution is 2.13. The van der Waals surface area contributed by atoms with Gasteiger partial charge in [0.05, 0.1) is 0 Å². The minimum Gasteiger partial charge on any atom is -0.396 e. The minimum atomic E-state index is 0.357. The van der Waals surface area contributed by atoms with Gasteiger partial charge in [0, 0.05) is 12.6 Å². The molecule has 0 spiro atoms. The van der Waals surface area contributed by atoms with Crippen LogP contribution >= 0.6 is 0 Å². The molecule has 0 amide bonds. The first-order chi connectivity index (χ1) is 9.81. The average Bonchev–Trinajstić information content (AvgIpc) is 2.45. The van der Waals surface area contributed by atoms with Gasteiger partial charge in [0.15, 0.2) is 0 Å². The van der Waals surface area contributed by atoms with Crippen LogP contribution < -0.4 is 5.73 Å². The van der Waals surface area contributed by atoms with Crippen LogP contribution in [-0.4, -0.2) is 17.8 Å². The van der Waals surface area contributed by atoms with E-state index in [1.165, 1.54) is 89.9 Å². The maximum Gasteiger partial charge on any atom is 0.0431 e. The lowest BCUT2D eigenvalue weighted by Gasteiger charge is -2.11. The van der Waals surface area contributed by atoms with Gasteiger partial charge < -0.3 is 10.8 Å². The van der Waals surface area contributed by atoms with Gasteiger partial charge in [-0.1, -0.05) is 84.0 Å². The highest BCUT2D eigenvalue weighted by molar-refractivity contribution is 4.61. The Hall–Kier alpha value is -0.0800. The molecule has 2 heteroatoms. The zero-order valence-electron chi connectivity index (χ0n) is 13.9. The van der Waals surface area contributed by atoms with Crippen LogP contribution in [0.4, 0.5) is 0 Å². The molecule has 0 saturated carbocycles. The second-order valence-corrected chi connectivity index (χ2v) is 6.30. The van der Waals surface area contributed by atoms with Crippen LogP contribution in [0.5, 0.6) is 0 Å². The van der Waals surface area contributed by atoms with Gasteiger partial charge in [0.2, 0.25) is 0 Å². The third-order valence-electron chi connectivity index (χ3n) is 4.16. The molecule has 0 aliphatic carbocycles. The summed E-state index contributed by atoms with van der Waals surface area (Å²) < 4.78 is 0. The predicted octanol–water partition coefficient (Wildman–Crippen LogP) is 5.18. The van der Waals surface area contributed by atoms with E-state index >= 15 is 0 Å². The van der Waals surface area contributed by atoms with Crippen molar-refractivity contribution in [3.63, 3.8) is 0 Å². The normalized spacial score (nSPS) is 12.8. The van der Waals surface area contributed by atoms with Crippen molar-refractivity contribution < 1.29 is 5.11 Å². The van der Waals surface area contributed by atoms with Crippen molar-refractivity contribution in [1.29, 1.82) is 0 Å². The van der Waals surface area contributed by atoms with Gasteiger partial charge in [0.25, 0.3) is 0 Å². The molecule has 0 saturated heterocycles. The van der Waals surface area contributed by atoms with Crippen LogP contribution in [0.2, 0.25) is 0 Å². The van der Waals surface area contributed by atoms with Crippen molar-refractivity contribution in [2.75, 3.05) is 6.61 Å². The molecule has 0 rings (SSSR count). The molecule has 1 atom stereocenters. The van der Waals surface area contributed by atoms with Gasteiger partial charge in [-0.15, -0.1) is 0 Å². The number of rotatable bonds is 16. The Morgan fingerprint density at radius 1 is 0.650 bits per heavy atom. The van der Waals surface area contributed by atoms with Gasteiger partial charge in [-0.05, 0) is 19.3 Å². The van der Waals surface area contributed by atoms with E-state index < -0.39 is 0 Å². The summed E-state index contributed by atoms with van der Waals surface area (Å²) in [5.74, 6) is 0. The fraction of sp³-hybridized carbons (Fsp3) is 1.00. The van der Waals surface area contributed by atoms with E-state index in [4.69, 9.17) is 10.8 Å². The van der Waals surface area contributed by atoms with Crippen molar-refractivity contribution in [2.45, 2.75) is 109 Å². The van der Waals surface area contributed by atoms with Crippen LogP contribution in [0.15, 0.2) is 0 Å². The molecule has 122 valence electrons. The number of aliphatic hydroxyl groups excluding tert-OH is 1. The molecule has 0 aliphatic heterocycles. The molecule has 2 nitrogen and oxygen atoms in total. The summed E-state index contributed by atoms with van der Waals surface area (Å²) in [7, 11) is 0. The van der Waals surface area contributed by atoms with Gasteiger partial charge in [-0.2, -0.15) is 0 Å². The fourth-order valence-corrected chi connectivity index (χ4v) is 2.73. The standard InChI is InChI=1S/C18H39NO/c1-2-3-4-9-12-15-18(19)16-13-10-7-5-6-8-11-14-17-20/h18,20H,2-17,19H2,1H3. The summed E-state index contributed by atoms with van der Waals surface area (Å²) in [5.41, 5.74) is 6.16. The summed E-state index contributed by atoms with van der Waals surface area (Å²) in [6.07, 6.45) is 19.4. The van der Waals surface area contributed by atoms with Crippen molar-refractivity contribution in [2.24, 2.45) is 5.73 Å². The van der Waals surface area contributed by atoms with E-state index in [-0.39, 0.29) is 0 Å². The number of unbranched alkanes of at least 4 members (excludes halogenated alkanes) is 11. The molecule has 20 heavy (non-hydrogen) atoms. The van der Waals surface area contributed by atoms with Crippen molar-refractivity contribution >= 4 is 0 Å². The Labute approximate surface area is 127 Å². The van der Waals surface area contributed by atoms with Crippen LogP contribution in [0.3, 0.4) is 0 Å². The zero-order chi connectivity index (χ0) is 14.9. The molecule has 0 radical (unpaired) electrons. The van der Waals surface area contributed by atoms with Crippen LogP contribution in [0.25, 0.3) is 0 Å². The smallest absolute Gasteiger partial charge is 0.0431 e. The Morgan fingerprint density at radius 2 is 1.05 bits per heavy atom. The molecule has 0 heterocycles. The van der Waals surface area contributed by atoms with Gasteiger partial charge in [-0.3, -0.25) is 0 Å². The molecule has 3 N–H and O–H groups in total. The first kappa shape index (κ1) is 19.9. The predicted molar refractivity (Wildman–Crippen MR) is 90.0 cm³/mol. The van der Waals surface area contributed by atoms with E-state index in [0.717, 1.165) is 6.42 Å². The zero-order valence-corrected chi connectivity index (χ0v) is 13.9. The summed E-state index contributed by atoms with van der Waals surface area (Å²) >= 11 is 0. The third-order valence-corrected chi connectivity index (χ3v) is 4.16. The van der Waals surface area contributed by atoms with E-state index in [9.17, 15) is 0 Å². The Balaban J connectivity index is 3.09. The Bertz CT molecular complexity index is 173. The van der Waals surface area contributed by atoms with Crippen LogP contribution in [-0.2, 0) is 0 Å². The van der Waals surface area contributed by atoms with Gasteiger partial charge in [-0.25, -0.2) is 0 Å². The van der Waals surface area contributed by atoms with E-state index in [0.29, 0.717) is 12.6 Å². The van der Waals surface area contributed by atoms with Gasteiger partial charge in [0.1, 0.15) is 0 Å². The SMILES string of the molecule is CCCCCCCC(N)CCCCCCCCCCO. The molecule has 0 aromatic heterocycles. The Kier molecular flexibility index (Phi) is 16.9. The van der Waals surface area contributed by atoms with Crippen molar-refractivity contribution in [1.82, 2.24) is 0 Å². The maximum absolute atomic E-state index is 8.68. The quantitative estimate of drug-likeness (QED) is 0.384. The topological polar surface area (TPSA) is 46.2 Å². The summed E-state index contributed by atoms with van der Waals surface area (Å²) in [5, 5.41) is 8.68. The average molecular weight is 286 g/mol. The highest BCUT2D eigenvalue weighted by Gasteiger charge is 2.02. The first-order valence-electron chi connectivity index (χ1n) is 9.17. The van der Waals surface area contributed by atoms with E-state index in [2.05, 4.69) is 6.92 Å². The summed E-state index contributed by atoms with van der Waals surface area (Å²) in [4.78, 5) is 0. The molecule has 0 aromatic rings. The summed E-state index contributed by atoms with van der Waals surface area (Å²) in [6.45, 7) is 2.62. The lowest BCUT2D eigenvalue weighted by atomic mass is 10.0. The van der Waals surface area contributed by atoms with E-state index in [1.54, 1.807) is 0 Å². The third kappa shape index (κ3) is 16.0. The van der Waals surface area contributed by atoms with Crippen molar-refractivity contribution in [3.05, 3.63) is 0 Å². The molecular weight excluding hydrogens is 246 g/mol. The molecule has 0 aromatic carbocycles. The highest BCUT2D eigenvalue weighted by atomic mass is 16.2. The van der Waals surface area contributed by atoms with E-state index in [1.807, 2.05) is 0 Å². The second kappa shape index (κ2) is 17.0. The Morgan fingerprint density at radius 3 is 1.50 bits per heavy atom. The first-order valence-corrected chi connectivity index (χ1v) is 9.17. The monoisotopic (exact) mass is 285 g/mol. The maximum atomic E-state index is 8.68. The number of hydrogen-bond acceptors (Lipinski definition) is 2. The number of aliphatic hydroxyl groups is 1.